The van der Waals surface area contributed by atoms with Crippen LogP contribution >= 0.6 is 0 Å². The number of carbonyl (C=O) groups excluding carboxylic acids is 1. The number of ether oxygens (including phenoxy) is 1. The van der Waals surface area contributed by atoms with Crippen LogP contribution in [-0.2, 0) is 9.53 Å². The second kappa shape index (κ2) is 6.31. The summed E-state index contributed by atoms with van der Waals surface area (Å²) in [6.45, 7) is 7.53. The molecule has 0 aliphatic heterocycles. The van der Waals surface area contributed by atoms with E-state index in [9.17, 15) is 4.79 Å². The standard InChI is InChI=1S/C9H12.C5H8O2/c1-2-8-5-7-3-4-9(8)6-7;1-3-5(6)7-4-2/h2-4,7,9H,5-6H2,1H3;3H,1,4H2,2H3. The van der Waals surface area contributed by atoms with Crippen LogP contribution in [-0.4, -0.2) is 12.6 Å². The number of esters is 1. The molecule has 2 unspecified atom stereocenters. The molecular weight excluding hydrogens is 200 g/mol. The van der Waals surface area contributed by atoms with Gasteiger partial charge in [0.2, 0.25) is 0 Å². The van der Waals surface area contributed by atoms with E-state index in [1.165, 1.54) is 12.8 Å². The molecule has 16 heavy (non-hydrogen) atoms. The third-order valence-corrected chi connectivity index (χ3v) is 2.97. The summed E-state index contributed by atoms with van der Waals surface area (Å²) in [6.07, 6.45) is 10.9. The molecule has 0 saturated heterocycles. The molecule has 88 valence electrons. The Morgan fingerprint density at radius 3 is 2.62 bits per heavy atom. The second-order valence-electron chi connectivity index (χ2n) is 4.01. The third-order valence-electron chi connectivity index (χ3n) is 2.97. The highest BCUT2D eigenvalue weighted by Gasteiger charge is 2.29. The van der Waals surface area contributed by atoms with Crippen molar-refractivity contribution in [1.82, 2.24) is 0 Å². The fraction of sp³-hybridized carbons (Fsp3) is 0.500. The van der Waals surface area contributed by atoms with Crippen molar-refractivity contribution in [1.29, 1.82) is 0 Å². The Kier molecular flexibility index (Phi) is 5.03. The molecule has 2 atom stereocenters. The van der Waals surface area contributed by atoms with Crippen LogP contribution in [0.15, 0.2) is 36.5 Å². The van der Waals surface area contributed by atoms with Crippen molar-refractivity contribution in [3.63, 3.8) is 0 Å². The molecule has 1 fully saturated rings. The molecule has 2 bridgehead atoms. The van der Waals surface area contributed by atoms with Gasteiger partial charge in [-0.15, -0.1) is 0 Å². The topological polar surface area (TPSA) is 26.3 Å². The third kappa shape index (κ3) is 3.37. The predicted octanol–water partition coefficient (Wildman–Crippen LogP) is 3.26. The maximum atomic E-state index is 10.1. The lowest BCUT2D eigenvalue weighted by Crippen LogP contribution is -1.97. The van der Waals surface area contributed by atoms with Gasteiger partial charge in [-0.1, -0.05) is 30.4 Å². The average molecular weight is 220 g/mol. The van der Waals surface area contributed by atoms with E-state index in [0.717, 1.165) is 17.9 Å². The van der Waals surface area contributed by atoms with Crippen molar-refractivity contribution < 1.29 is 9.53 Å². The van der Waals surface area contributed by atoms with Crippen molar-refractivity contribution in [2.24, 2.45) is 11.8 Å². The SMILES string of the molecule is C=CC(=O)OCC.CC=C1CC2C=CC1C2. The normalized spacial score (nSPS) is 27.5. The zero-order valence-electron chi connectivity index (χ0n) is 10.1. The van der Waals surface area contributed by atoms with Crippen LogP contribution in [0.2, 0.25) is 0 Å². The Morgan fingerprint density at radius 2 is 2.38 bits per heavy atom. The van der Waals surface area contributed by atoms with Crippen molar-refractivity contribution in [3.05, 3.63) is 36.5 Å². The van der Waals surface area contributed by atoms with Gasteiger partial charge in [-0.25, -0.2) is 4.79 Å². The molecule has 2 heteroatoms. The van der Waals surface area contributed by atoms with Crippen LogP contribution in [0, 0.1) is 11.8 Å². The summed E-state index contributed by atoms with van der Waals surface area (Å²) in [4.78, 5) is 10.1. The number of carbonyl (C=O) groups is 1. The number of hydrogen-bond acceptors (Lipinski definition) is 2. The van der Waals surface area contributed by atoms with Crippen LogP contribution in [0.3, 0.4) is 0 Å². The van der Waals surface area contributed by atoms with Crippen molar-refractivity contribution in [2.75, 3.05) is 6.61 Å². The molecule has 0 aromatic heterocycles. The van der Waals surface area contributed by atoms with Gasteiger partial charge in [-0.05, 0) is 38.5 Å². The lowest BCUT2D eigenvalue weighted by molar-refractivity contribution is -0.137. The maximum absolute atomic E-state index is 10.1. The van der Waals surface area contributed by atoms with Gasteiger partial charge in [0.25, 0.3) is 0 Å². The lowest BCUT2D eigenvalue weighted by Gasteiger charge is -2.05. The largest absolute Gasteiger partial charge is 0.463 e. The molecule has 0 N–H and O–H groups in total. The van der Waals surface area contributed by atoms with Crippen LogP contribution in [0.5, 0.6) is 0 Å². The zero-order valence-corrected chi connectivity index (χ0v) is 10.1. The van der Waals surface area contributed by atoms with Gasteiger partial charge in [0.1, 0.15) is 0 Å². The summed E-state index contributed by atoms with van der Waals surface area (Å²) in [7, 11) is 0. The predicted molar refractivity (Wildman–Crippen MR) is 65.9 cm³/mol. The summed E-state index contributed by atoms with van der Waals surface area (Å²) >= 11 is 0. The molecule has 2 aliphatic rings. The van der Waals surface area contributed by atoms with Gasteiger partial charge in [0.05, 0.1) is 6.61 Å². The van der Waals surface area contributed by atoms with E-state index in [-0.39, 0.29) is 5.97 Å². The van der Waals surface area contributed by atoms with Gasteiger partial charge in [0, 0.05) is 6.08 Å². The van der Waals surface area contributed by atoms with E-state index >= 15 is 0 Å². The fourth-order valence-corrected chi connectivity index (χ4v) is 2.19. The van der Waals surface area contributed by atoms with Crippen LogP contribution < -0.4 is 0 Å². The smallest absolute Gasteiger partial charge is 0.330 e. The van der Waals surface area contributed by atoms with Gasteiger partial charge in [-0.3, -0.25) is 0 Å². The first-order valence-electron chi connectivity index (χ1n) is 5.83. The van der Waals surface area contributed by atoms with Crippen LogP contribution in [0.25, 0.3) is 0 Å². The Hall–Kier alpha value is -1.31. The van der Waals surface area contributed by atoms with E-state index in [0.29, 0.717) is 6.61 Å². The van der Waals surface area contributed by atoms with Crippen LogP contribution in [0.4, 0.5) is 0 Å². The molecular formula is C14H20O2. The molecule has 0 heterocycles. The first kappa shape index (κ1) is 12.8. The molecule has 0 radical (unpaired) electrons. The number of fused-ring (bicyclic) bond motifs is 2. The summed E-state index contributed by atoms with van der Waals surface area (Å²) < 4.78 is 4.43. The van der Waals surface area contributed by atoms with E-state index in [1.54, 1.807) is 12.5 Å². The average Bonchev–Trinajstić information content (AvgIpc) is 2.91. The highest BCUT2D eigenvalue weighted by molar-refractivity contribution is 5.81. The van der Waals surface area contributed by atoms with Gasteiger partial charge in [0.15, 0.2) is 0 Å². The monoisotopic (exact) mass is 220 g/mol. The highest BCUT2D eigenvalue weighted by Crippen LogP contribution is 2.42. The van der Waals surface area contributed by atoms with Crippen molar-refractivity contribution >= 4 is 5.97 Å². The van der Waals surface area contributed by atoms with E-state index < -0.39 is 0 Å². The summed E-state index contributed by atoms with van der Waals surface area (Å²) in [5.41, 5.74) is 1.67. The fourth-order valence-electron chi connectivity index (χ4n) is 2.19. The Morgan fingerprint density at radius 1 is 1.62 bits per heavy atom. The van der Waals surface area contributed by atoms with Crippen molar-refractivity contribution in [3.8, 4) is 0 Å². The summed E-state index contributed by atoms with van der Waals surface area (Å²) in [6, 6.07) is 0. The minimum atomic E-state index is -0.359. The van der Waals surface area contributed by atoms with Gasteiger partial charge < -0.3 is 4.74 Å². The first-order valence-corrected chi connectivity index (χ1v) is 5.83. The quantitative estimate of drug-likeness (QED) is 0.405. The molecule has 0 aromatic rings. The second-order valence-corrected chi connectivity index (χ2v) is 4.01. The minimum Gasteiger partial charge on any atom is -0.463 e. The summed E-state index contributed by atoms with van der Waals surface area (Å²) in [5.74, 6) is 1.38. The molecule has 1 saturated carbocycles. The van der Waals surface area contributed by atoms with Crippen molar-refractivity contribution in [2.45, 2.75) is 26.7 Å². The zero-order chi connectivity index (χ0) is 12.0. The van der Waals surface area contributed by atoms with E-state index in [1.807, 2.05) is 0 Å². The Balaban J connectivity index is 0.000000168. The maximum Gasteiger partial charge on any atom is 0.330 e. The van der Waals surface area contributed by atoms with Gasteiger partial charge in [-0.2, -0.15) is 0 Å². The number of allylic oxidation sites excluding steroid dienone is 4. The molecule has 0 spiro atoms. The molecule has 2 aliphatic carbocycles. The number of rotatable bonds is 2. The minimum absolute atomic E-state index is 0.359. The first-order chi connectivity index (χ1) is 7.71. The Labute approximate surface area is 97.7 Å². The summed E-state index contributed by atoms with van der Waals surface area (Å²) in [5, 5.41) is 0. The molecule has 0 amide bonds. The molecule has 0 aromatic carbocycles. The molecule has 2 rings (SSSR count). The lowest BCUT2D eigenvalue weighted by atomic mass is 10.0. The van der Waals surface area contributed by atoms with Crippen LogP contribution in [0.1, 0.15) is 26.7 Å². The van der Waals surface area contributed by atoms with E-state index in [4.69, 9.17) is 0 Å². The Bertz CT molecular complexity index is 313. The number of hydrogen-bond donors (Lipinski definition) is 0. The highest BCUT2D eigenvalue weighted by atomic mass is 16.5. The van der Waals surface area contributed by atoms with E-state index in [2.05, 4.69) is 36.5 Å². The molecule has 2 nitrogen and oxygen atoms in total. The van der Waals surface area contributed by atoms with Gasteiger partial charge >= 0.3 is 5.97 Å².